The minimum atomic E-state index is -0.873. The SMILES string of the molecule is O=C(CN1CCNCC1C(=O)O)NCCC1=CCCCC1. The lowest BCUT2D eigenvalue weighted by Gasteiger charge is -2.32. The second-order valence-corrected chi connectivity index (χ2v) is 5.74. The summed E-state index contributed by atoms with van der Waals surface area (Å²) in [6.45, 7) is 2.53. The van der Waals surface area contributed by atoms with Crippen LogP contribution in [0.25, 0.3) is 0 Å². The van der Waals surface area contributed by atoms with Gasteiger partial charge in [0.15, 0.2) is 0 Å². The molecule has 0 saturated carbocycles. The maximum atomic E-state index is 11.9. The van der Waals surface area contributed by atoms with Crippen molar-refractivity contribution in [2.75, 3.05) is 32.7 Å². The summed E-state index contributed by atoms with van der Waals surface area (Å²) < 4.78 is 0. The van der Waals surface area contributed by atoms with Crippen molar-refractivity contribution in [3.8, 4) is 0 Å². The highest BCUT2D eigenvalue weighted by atomic mass is 16.4. The first-order valence-corrected chi connectivity index (χ1v) is 7.79. The van der Waals surface area contributed by atoms with E-state index in [0.717, 1.165) is 25.8 Å². The van der Waals surface area contributed by atoms with E-state index in [4.69, 9.17) is 5.11 Å². The summed E-state index contributed by atoms with van der Waals surface area (Å²) in [4.78, 5) is 24.8. The fraction of sp³-hybridized carbons (Fsp3) is 0.733. The Labute approximate surface area is 125 Å². The van der Waals surface area contributed by atoms with Crippen molar-refractivity contribution in [3.05, 3.63) is 11.6 Å². The van der Waals surface area contributed by atoms with Gasteiger partial charge in [0.1, 0.15) is 6.04 Å². The highest BCUT2D eigenvalue weighted by Gasteiger charge is 2.29. The molecule has 1 amide bonds. The zero-order valence-electron chi connectivity index (χ0n) is 12.4. The predicted molar refractivity (Wildman–Crippen MR) is 80.0 cm³/mol. The van der Waals surface area contributed by atoms with Crippen molar-refractivity contribution in [2.24, 2.45) is 0 Å². The van der Waals surface area contributed by atoms with Gasteiger partial charge in [0, 0.05) is 26.2 Å². The molecule has 1 unspecified atom stereocenters. The summed E-state index contributed by atoms with van der Waals surface area (Å²) in [5.74, 6) is -0.957. The summed E-state index contributed by atoms with van der Waals surface area (Å²) in [6.07, 6.45) is 8.03. The Morgan fingerprint density at radius 1 is 1.43 bits per heavy atom. The van der Waals surface area contributed by atoms with Crippen molar-refractivity contribution in [1.29, 1.82) is 0 Å². The largest absolute Gasteiger partial charge is 0.480 e. The maximum absolute atomic E-state index is 11.9. The molecule has 1 saturated heterocycles. The van der Waals surface area contributed by atoms with E-state index in [1.54, 1.807) is 4.90 Å². The minimum Gasteiger partial charge on any atom is -0.480 e. The van der Waals surface area contributed by atoms with Crippen LogP contribution in [0.1, 0.15) is 32.1 Å². The molecule has 1 fully saturated rings. The Morgan fingerprint density at radius 3 is 3.00 bits per heavy atom. The van der Waals surface area contributed by atoms with Gasteiger partial charge in [-0.15, -0.1) is 0 Å². The molecule has 1 aliphatic heterocycles. The number of carboxylic acids is 1. The van der Waals surface area contributed by atoms with Crippen LogP contribution >= 0.6 is 0 Å². The Kier molecular flexibility index (Phi) is 6.20. The summed E-state index contributed by atoms with van der Waals surface area (Å²) in [7, 11) is 0. The van der Waals surface area contributed by atoms with Gasteiger partial charge in [0.05, 0.1) is 6.54 Å². The van der Waals surface area contributed by atoms with Crippen LogP contribution in [0, 0.1) is 0 Å². The van der Waals surface area contributed by atoms with Gasteiger partial charge >= 0.3 is 5.97 Å². The number of piperazine rings is 1. The number of carbonyl (C=O) groups excluding carboxylic acids is 1. The van der Waals surface area contributed by atoms with Gasteiger partial charge in [-0.1, -0.05) is 11.6 Å². The van der Waals surface area contributed by atoms with Crippen LogP contribution < -0.4 is 10.6 Å². The molecule has 21 heavy (non-hydrogen) atoms. The number of nitrogens with one attached hydrogen (secondary N) is 2. The third kappa shape index (κ3) is 5.13. The van der Waals surface area contributed by atoms with E-state index in [-0.39, 0.29) is 12.5 Å². The van der Waals surface area contributed by atoms with Crippen LogP contribution in [-0.4, -0.2) is 60.6 Å². The lowest BCUT2D eigenvalue weighted by atomic mass is 9.97. The number of amides is 1. The van der Waals surface area contributed by atoms with E-state index in [1.165, 1.54) is 18.4 Å². The average molecular weight is 295 g/mol. The molecule has 118 valence electrons. The molecule has 6 heteroatoms. The standard InChI is InChI=1S/C15H25N3O3/c19-14(17-7-6-12-4-2-1-3-5-12)11-18-9-8-16-10-13(18)15(20)21/h4,13,16H,1-3,5-11H2,(H,17,19)(H,20,21). The third-order valence-corrected chi connectivity index (χ3v) is 4.14. The monoisotopic (exact) mass is 295 g/mol. The topological polar surface area (TPSA) is 81.7 Å². The Bertz CT molecular complexity index is 409. The molecule has 0 radical (unpaired) electrons. The molecule has 2 aliphatic rings. The average Bonchev–Trinajstić information content (AvgIpc) is 2.48. The van der Waals surface area contributed by atoms with Crippen molar-refractivity contribution in [1.82, 2.24) is 15.5 Å². The molecule has 0 aromatic rings. The van der Waals surface area contributed by atoms with Crippen LogP contribution in [0.2, 0.25) is 0 Å². The molecule has 0 bridgehead atoms. The van der Waals surface area contributed by atoms with Crippen molar-refractivity contribution >= 4 is 11.9 Å². The zero-order valence-corrected chi connectivity index (χ0v) is 12.4. The third-order valence-electron chi connectivity index (χ3n) is 4.14. The second-order valence-electron chi connectivity index (χ2n) is 5.74. The van der Waals surface area contributed by atoms with E-state index in [9.17, 15) is 9.59 Å². The predicted octanol–water partition coefficient (Wildman–Crippen LogP) is 0.352. The van der Waals surface area contributed by atoms with Crippen LogP contribution in [0.4, 0.5) is 0 Å². The number of carbonyl (C=O) groups is 2. The number of hydrogen-bond donors (Lipinski definition) is 3. The molecule has 3 N–H and O–H groups in total. The quantitative estimate of drug-likeness (QED) is 0.616. The van der Waals surface area contributed by atoms with E-state index in [1.807, 2.05) is 0 Å². The number of nitrogens with zero attached hydrogens (tertiary/aromatic N) is 1. The summed E-state index contributed by atoms with van der Waals surface area (Å²) in [6, 6.07) is -0.606. The first kappa shape index (κ1) is 16.0. The molecule has 0 aromatic carbocycles. The van der Waals surface area contributed by atoms with Gasteiger partial charge in [-0.05, 0) is 32.1 Å². The highest BCUT2D eigenvalue weighted by Crippen LogP contribution is 2.19. The summed E-state index contributed by atoms with van der Waals surface area (Å²) >= 11 is 0. The van der Waals surface area contributed by atoms with Crippen LogP contribution in [0.3, 0.4) is 0 Å². The normalized spacial score (nSPS) is 23.4. The number of hydrogen-bond acceptors (Lipinski definition) is 4. The van der Waals surface area contributed by atoms with Crippen molar-refractivity contribution in [3.63, 3.8) is 0 Å². The fourth-order valence-electron chi connectivity index (χ4n) is 2.91. The molecule has 6 nitrogen and oxygen atoms in total. The number of rotatable bonds is 6. The van der Waals surface area contributed by atoms with Gasteiger partial charge in [-0.3, -0.25) is 14.5 Å². The van der Waals surface area contributed by atoms with Crippen LogP contribution in [0.5, 0.6) is 0 Å². The smallest absolute Gasteiger partial charge is 0.322 e. The van der Waals surface area contributed by atoms with Gasteiger partial charge in [-0.25, -0.2) is 0 Å². The van der Waals surface area contributed by atoms with Crippen LogP contribution in [-0.2, 0) is 9.59 Å². The molecular weight excluding hydrogens is 270 g/mol. The van der Waals surface area contributed by atoms with Crippen LogP contribution in [0.15, 0.2) is 11.6 Å². The lowest BCUT2D eigenvalue weighted by Crippen LogP contribution is -2.57. The fourth-order valence-corrected chi connectivity index (χ4v) is 2.91. The Morgan fingerprint density at radius 2 is 2.29 bits per heavy atom. The zero-order chi connectivity index (χ0) is 15.1. The molecule has 2 rings (SSSR count). The molecule has 1 heterocycles. The minimum absolute atomic E-state index is 0.0837. The van der Waals surface area contributed by atoms with E-state index in [2.05, 4.69) is 16.7 Å². The lowest BCUT2D eigenvalue weighted by molar-refractivity contribution is -0.144. The first-order valence-electron chi connectivity index (χ1n) is 7.79. The van der Waals surface area contributed by atoms with Gasteiger partial charge in [-0.2, -0.15) is 0 Å². The van der Waals surface area contributed by atoms with Gasteiger partial charge in [0.2, 0.25) is 5.91 Å². The van der Waals surface area contributed by atoms with Gasteiger partial charge in [0.25, 0.3) is 0 Å². The van der Waals surface area contributed by atoms with E-state index < -0.39 is 12.0 Å². The maximum Gasteiger partial charge on any atom is 0.322 e. The van der Waals surface area contributed by atoms with E-state index >= 15 is 0 Å². The number of carboxylic acid groups (broad SMARTS) is 1. The molecular formula is C15H25N3O3. The van der Waals surface area contributed by atoms with E-state index in [0.29, 0.717) is 19.6 Å². The molecule has 0 spiro atoms. The molecule has 1 atom stereocenters. The number of aliphatic carboxylic acids is 1. The molecule has 1 aliphatic carbocycles. The molecule has 0 aromatic heterocycles. The summed E-state index contributed by atoms with van der Waals surface area (Å²) in [5, 5.41) is 15.1. The second kappa shape index (κ2) is 8.14. The van der Waals surface area contributed by atoms with Crippen molar-refractivity contribution < 1.29 is 14.7 Å². The van der Waals surface area contributed by atoms with Crippen molar-refractivity contribution in [2.45, 2.75) is 38.1 Å². The summed E-state index contributed by atoms with van der Waals surface area (Å²) in [5.41, 5.74) is 1.44. The number of allylic oxidation sites excluding steroid dienone is 1. The highest BCUT2D eigenvalue weighted by molar-refractivity contribution is 5.80. The van der Waals surface area contributed by atoms with Gasteiger partial charge < -0.3 is 15.7 Å². The Balaban J connectivity index is 1.70. The Hall–Kier alpha value is -1.40. The first-order chi connectivity index (χ1) is 10.2.